The van der Waals surface area contributed by atoms with Crippen molar-refractivity contribution in [1.82, 2.24) is 14.9 Å². The fourth-order valence-corrected chi connectivity index (χ4v) is 2.61. The van der Waals surface area contributed by atoms with Crippen LogP contribution < -0.4 is 4.90 Å². The van der Waals surface area contributed by atoms with Crippen LogP contribution in [0.15, 0.2) is 12.3 Å². The van der Waals surface area contributed by atoms with Gasteiger partial charge in [-0.05, 0) is 32.0 Å². The second-order valence-corrected chi connectivity index (χ2v) is 5.04. The Bertz CT molecular complexity index is 449. The molecule has 7 heteroatoms. The Labute approximate surface area is 116 Å². The quantitative estimate of drug-likeness (QED) is 0.851. The lowest BCUT2D eigenvalue weighted by molar-refractivity contribution is -0.141. The zero-order chi connectivity index (χ0) is 14.8. The monoisotopic (exact) mass is 288 g/mol. The molecular weight excluding hydrogens is 269 g/mol. The summed E-state index contributed by atoms with van der Waals surface area (Å²) in [6.07, 6.45) is -1.07. The van der Waals surface area contributed by atoms with Crippen LogP contribution in [0.2, 0.25) is 0 Å². The number of likely N-dealkylation sites (tertiary alicyclic amines) is 1. The Balaban J connectivity index is 2.07. The molecule has 0 amide bonds. The van der Waals surface area contributed by atoms with Crippen molar-refractivity contribution in [2.24, 2.45) is 0 Å². The van der Waals surface area contributed by atoms with Crippen molar-refractivity contribution in [3.05, 3.63) is 18.0 Å². The van der Waals surface area contributed by atoms with Crippen LogP contribution in [0.25, 0.3) is 0 Å². The lowest BCUT2D eigenvalue weighted by Crippen LogP contribution is -2.39. The number of halogens is 3. The molecule has 2 heterocycles. The highest BCUT2D eigenvalue weighted by Crippen LogP contribution is 2.28. The third-order valence-electron chi connectivity index (χ3n) is 3.66. The van der Waals surface area contributed by atoms with Crippen molar-refractivity contribution in [2.75, 3.05) is 31.6 Å². The normalized spacial score (nSPS) is 20.4. The summed E-state index contributed by atoms with van der Waals surface area (Å²) in [5.74, 6) is 0.128. The second kappa shape index (κ2) is 5.95. The van der Waals surface area contributed by atoms with E-state index in [1.165, 1.54) is 0 Å². The maximum absolute atomic E-state index is 12.6. The molecule has 4 nitrogen and oxygen atoms in total. The first-order valence-corrected chi connectivity index (χ1v) is 6.77. The van der Waals surface area contributed by atoms with Gasteiger partial charge in [-0.25, -0.2) is 9.97 Å². The molecular formula is C13H19F3N4. The fourth-order valence-electron chi connectivity index (χ4n) is 2.61. The maximum Gasteiger partial charge on any atom is 0.433 e. The third kappa shape index (κ3) is 3.39. The van der Waals surface area contributed by atoms with Crippen molar-refractivity contribution < 1.29 is 13.2 Å². The van der Waals surface area contributed by atoms with Crippen molar-refractivity contribution in [1.29, 1.82) is 0 Å². The summed E-state index contributed by atoms with van der Waals surface area (Å²) in [5.41, 5.74) is -0.895. The standard InChI is InChI=1S/C13H19F3N4/c1-3-20-8-4-5-10(20)9-19(2)12-17-7-6-11(18-12)13(14,15)16/h6-7,10H,3-5,8-9H2,1-2H3. The van der Waals surface area contributed by atoms with Gasteiger partial charge in [-0.2, -0.15) is 13.2 Å². The summed E-state index contributed by atoms with van der Waals surface area (Å²) >= 11 is 0. The lowest BCUT2D eigenvalue weighted by Gasteiger charge is -2.27. The van der Waals surface area contributed by atoms with E-state index in [2.05, 4.69) is 21.8 Å². The predicted octanol–water partition coefficient (Wildman–Crippen LogP) is 2.42. The summed E-state index contributed by atoms with van der Waals surface area (Å²) in [6.45, 7) is 4.76. The molecule has 112 valence electrons. The largest absolute Gasteiger partial charge is 0.433 e. The molecule has 1 aromatic heterocycles. The first kappa shape index (κ1) is 15.0. The van der Waals surface area contributed by atoms with Crippen LogP contribution in [0, 0.1) is 0 Å². The van der Waals surface area contributed by atoms with Gasteiger partial charge in [0, 0.05) is 25.8 Å². The van der Waals surface area contributed by atoms with E-state index in [1.807, 2.05) is 0 Å². The highest BCUT2D eigenvalue weighted by Gasteiger charge is 2.33. The Morgan fingerprint density at radius 3 is 2.85 bits per heavy atom. The number of rotatable bonds is 4. The summed E-state index contributed by atoms with van der Waals surface area (Å²) in [4.78, 5) is 11.6. The Morgan fingerprint density at radius 2 is 2.20 bits per heavy atom. The molecule has 1 saturated heterocycles. The smallest absolute Gasteiger partial charge is 0.342 e. The molecule has 1 unspecified atom stereocenters. The first-order valence-electron chi connectivity index (χ1n) is 6.77. The lowest BCUT2D eigenvalue weighted by atomic mass is 10.2. The highest BCUT2D eigenvalue weighted by atomic mass is 19.4. The van der Waals surface area contributed by atoms with Crippen LogP contribution in [0.1, 0.15) is 25.5 Å². The second-order valence-electron chi connectivity index (χ2n) is 5.04. The van der Waals surface area contributed by atoms with Crippen LogP contribution in [0.3, 0.4) is 0 Å². The van der Waals surface area contributed by atoms with Crippen molar-refractivity contribution >= 4 is 5.95 Å². The van der Waals surface area contributed by atoms with Crippen LogP contribution in [0.4, 0.5) is 19.1 Å². The Kier molecular flexibility index (Phi) is 4.47. The molecule has 2 rings (SSSR count). The third-order valence-corrected chi connectivity index (χ3v) is 3.66. The minimum Gasteiger partial charge on any atom is -0.342 e. The molecule has 0 aromatic carbocycles. The van der Waals surface area contributed by atoms with Gasteiger partial charge in [0.15, 0.2) is 0 Å². The minimum absolute atomic E-state index is 0.128. The van der Waals surface area contributed by atoms with Gasteiger partial charge in [0.2, 0.25) is 5.95 Å². The molecule has 0 saturated carbocycles. The molecule has 1 aliphatic heterocycles. The van der Waals surface area contributed by atoms with Gasteiger partial charge in [0.05, 0.1) is 0 Å². The van der Waals surface area contributed by atoms with E-state index in [9.17, 15) is 13.2 Å². The maximum atomic E-state index is 12.6. The van der Waals surface area contributed by atoms with E-state index >= 15 is 0 Å². The average Bonchev–Trinajstić information content (AvgIpc) is 2.85. The SMILES string of the molecule is CCN1CCCC1CN(C)c1nccc(C(F)(F)F)n1. The molecule has 1 fully saturated rings. The Morgan fingerprint density at radius 1 is 1.45 bits per heavy atom. The van der Waals surface area contributed by atoms with E-state index in [0.29, 0.717) is 12.6 Å². The van der Waals surface area contributed by atoms with E-state index in [1.54, 1.807) is 11.9 Å². The number of alkyl halides is 3. The Hall–Kier alpha value is -1.37. The van der Waals surface area contributed by atoms with Gasteiger partial charge < -0.3 is 4.90 Å². The van der Waals surface area contributed by atoms with E-state index in [4.69, 9.17) is 0 Å². The number of aromatic nitrogens is 2. The number of anilines is 1. The van der Waals surface area contributed by atoms with Crippen molar-refractivity contribution in [3.63, 3.8) is 0 Å². The van der Waals surface area contributed by atoms with Gasteiger partial charge in [0.25, 0.3) is 0 Å². The number of hydrogen-bond donors (Lipinski definition) is 0. The van der Waals surface area contributed by atoms with Gasteiger partial charge in [-0.1, -0.05) is 6.92 Å². The van der Waals surface area contributed by atoms with Crippen LogP contribution >= 0.6 is 0 Å². The number of hydrogen-bond acceptors (Lipinski definition) is 4. The zero-order valence-corrected chi connectivity index (χ0v) is 11.7. The topological polar surface area (TPSA) is 32.3 Å². The van der Waals surface area contributed by atoms with Crippen LogP contribution in [-0.2, 0) is 6.18 Å². The van der Waals surface area contributed by atoms with Crippen molar-refractivity contribution in [2.45, 2.75) is 32.0 Å². The van der Waals surface area contributed by atoms with Crippen LogP contribution in [0.5, 0.6) is 0 Å². The fraction of sp³-hybridized carbons (Fsp3) is 0.692. The summed E-state index contributed by atoms with van der Waals surface area (Å²) in [5, 5.41) is 0. The summed E-state index contributed by atoms with van der Waals surface area (Å²) in [7, 11) is 1.74. The number of nitrogens with zero attached hydrogens (tertiary/aromatic N) is 4. The molecule has 1 atom stereocenters. The van der Waals surface area contributed by atoms with E-state index in [-0.39, 0.29) is 5.95 Å². The first-order chi connectivity index (χ1) is 9.41. The summed E-state index contributed by atoms with van der Waals surface area (Å²) in [6, 6.07) is 1.26. The van der Waals surface area contributed by atoms with Crippen LogP contribution in [-0.4, -0.2) is 47.6 Å². The molecule has 0 spiro atoms. The molecule has 0 aliphatic carbocycles. The predicted molar refractivity (Wildman–Crippen MR) is 70.6 cm³/mol. The van der Waals surface area contributed by atoms with Gasteiger partial charge in [-0.3, -0.25) is 4.90 Å². The van der Waals surface area contributed by atoms with Gasteiger partial charge >= 0.3 is 6.18 Å². The molecule has 0 N–H and O–H groups in total. The minimum atomic E-state index is -4.43. The van der Waals surface area contributed by atoms with E-state index < -0.39 is 11.9 Å². The zero-order valence-electron chi connectivity index (χ0n) is 11.7. The summed E-state index contributed by atoms with van der Waals surface area (Å²) < 4.78 is 37.9. The molecule has 20 heavy (non-hydrogen) atoms. The van der Waals surface area contributed by atoms with E-state index in [0.717, 1.165) is 38.2 Å². The molecule has 1 aliphatic rings. The molecule has 1 aromatic rings. The number of likely N-dealkylation sites (N-methyl/N-ethyl adjacent to an activating group) is 2. The van der Waals surface area contributed by atoms with Gasteiger partial charge in [-0.15, -0.1) is 0 Å². The van der Waals surface area contributed by atoms with Gasteiger partial charge in [0.1, 0.15) is 5.69 Å². The molecule has 0 radical (unpaired) electrons. The average molecular weight is 288 g/mol. The highest BCUT2D eigenvalue weighted by molar-refractivity contribution is 5.30. The molecule has 0 bridgehead atoms. The van der Waals surface area contributed by atoms with Crippen molar-refractivity contribution in [3.8, 4) is 0 Å².